The van der Waals surface area contributed by atoms with Gasteiger partial charge in [-0.15, -0.1) is 11.8 Å². The lowest BCUT2D eigenvalue weighted by atomic mass is 10.1. The number of carbonyl (C=O) groups excluding carboxylic acids is 1. The van der Waals surface area contributed by atoms with Gasteiger partial charge in [0.2, 0.25) is 5.91 Å². The summed E-state index contributed by atoms with van der Waals surface area (Å²) in [4.78, 5) is 16.4. The molecule has 0 saturated heterocycles. The maximum atomic E-state index is 12.1. The quantitative estimate of drug-likeness (QED) is 0.319. The molecule has 0 atom stereocenters. The van der Waals surface area contributed by atoms with Crippen LogP contribution in [0.25, 0.3) is 22.2 Å². The summed E-state index contributed by atoms with van der Waals surface area (Å²) in [5.41, 5.74) is 9.30. The van der Waals surface area contributed by atoms with E-state index in [1.165, 1.54) is 11.8 Å². The molecule has 0 aliphatic rings. The number of rotatable bonds is 5. The summed E-state index contributed by atoms with van der Waals surface area (Å²) >= 11 is 1.45. The zero-order valence-corrected chi connectivity index (χ0v) is 14.6. The molecule has 0 saturated carbocycles. The monoisotopic (exact) mass is 363 g/mol. The molecule has 5 N–H and O–H groups in total. The van der Waals surface area contributed by atoms with Gasteiger partial charge in [-0.1, -0.05) is 18.2 Å². The van der Waals surface area contributed by atoms with Crippen LogP contribution in [0.5, 0.6) is 0 Å². The van der Waals surface area contributed by atoms with Crippen LogP contribution in [0.2, 0.25) is 0 Å². The summed E-state index contributed by atoms with van der Waals surface area (Å²) in [5, 5.41) is 11.1. The molecule has 0 fully saturated rings. The number of thioether (sulfide) groups is 1. The second kappa shape index (κ2) is 6.97. The van der Waals surface area contributed by atoms with Crippen LogP contribution in [-0.2, 0) is 4.79 Å². The van der Waals surface area contributed by atoms with Gasteiger partial charge in [-0.05, 0) is 30.3 Å². The van der Waals surface area contributed by atoms with Gasteiger partial charge >= 0.3 is 0 Å². The van der Waals surface area contributed by atoms with Gasteiger partial charge in [0.1, 0.15) is 0 Å². The molecule has 7 heteroatoms. The normalized spacial score (nSPS) is 10.9. The lowest BCUT2D eigenvalue weighted by Crippen LogP contribution is -2.14. The Balaban J connectivity index is 1.41. The number of para-hydroxylation sites is 1. The van der Waals surface area contributed by atoms with Crippen LogP contribution in [-0.4, -0.2) is 26.8 Å². The summed E-state index contributed by atoms with van der Waals surface area (Å²) in [5.74, 6) is 0.705. The number of aromatic amines is 2. The highest BCUT2D eigenvalue weighted by Gasteiger charge is 2.11. The van der Waals surface area contributed by atoms with E-state index >= 15 is 0 Å². The Labute approximate surface area is 154 Å². The van der Waals surface area contributed by atoms with Crippen molar-refractivity contribution in [1.82, 2.24) is 15.2 Å². The lowest BCUT2D eigenvalue weighted by Gasteiger charge is -2.02. The van der Waals surface area contributed by atoms with Gasteiger partial charge in [-0.2, -0.15) is 5.10 Å². The van der Waals surface area contributed by atoms with Gasteiger partial charge in [0.15, 0.2) is 5.82 Å². The van der Waals surface area contributed by atoms with Crippen molar-refractivity contribution in [2.24, 2.45) is 0 Å². The first-order chi connectivity index (χ1) is 12.7. The molecule has 2 heterocycles. The number of nitrogens with one attached hydrogen (secondary N) is 3. The van der Waals surface area contributed by atoms with E-state index in [1.807, 2.05) is 60.8 Å². The maximum Gasteiger partial charge on any atom is 0.235 e. The number of nitrogen functional groups attached to an aromatic ring is 1. The Morgan fingerprint density at radius 2 is 1.96 bits per heavy atom. The van der Waals surface area contributed by atoms with Crippen LogP contribution in [0.1, 0.15) is 0 Å². The molecule has 1 amide bonds. The molecule has 0 spiro atoms. The number of nitrogens with zero attached hydrogens (tertiary/aromatic N) is 1. The van der Waals surface area contributed by atoms with Gasteiger partial charge in [-0.3, -0.25) is 9.89 Å². The first kappa shape index (κ1) is 16.3. The largest absolute Gasteiger partial charge is 0.399 e. The Kier molecular flexibility index (Phi) is 4.37. The second-order valence-corrected chi connectivity index (χ2v) is 6.87. The highest BCUT2D eigenvalue weighted by Crippen LogP contribution is 2.28. The standard InChI is InChI=1S/C19H17N5OS/c20-12-5-7-13(8-6-12)26-11-19(25)22-18-9-17(23-24-18)15-10-21-16-4-2-1-3-14(15)16/h1-10,21H,11,20H2,(H2,22,23,24,25). The van der Waals surface area contributed by atoms with Crippen LogP contribution in [0, 0.1) is 0 Å². The van der Waals surface area contributed by atoms with Crippen molar-refractivity contribution in [2.75, 3.05) is 16.8 Å². The van der Waals surface area contributed by atoms with Crippen LogP contribution in [0.15, 0.2) is 65.7 Å². The minimum Gasteiger partial charge on any atom is -0.399 e. The van der Waals surface area contributed by atoms with E-state index in [4.69, 9.17) is 5.73 Å². The number of H-pyrrole nitrogens is 2. The Hall–Kier alpha value is -3.19. The van der Waals surface area contributed by atoms with E-state index in [2.05, 4.69) is 20.5 Å². The molecule has 0 bridgehead atoms. The first-order valence-electron chi connectivity index (χ1n) is 8.09. The molecule has 2 aromatic heterocycles. The van der Waals surface area contributed by atoms with Crippen LogP contribution in [0.4, 0.5) is 11.5 Å². The summed E-state index contributed by atoms with van der Waals surface area (Å²) in [6, 6.07) is 17.3. The number of hydrogen-bond acceptors (Lipinski definition) is 4. The zero-order chi connectivity index (χ0) is 17.9. The molecule has 0 radical (unpaired) electrons. The third kappa shape index (κ3) is 3.43. The smallest absolute Gasteiger partial charge is 0.235 e. The molecular weight excluding hydrogens is 346 g/mol. The highest BCUT2D eigenvalue weighted by atomic mass is 32.2. The number of anilines is 2. The minimum absolute atomic E-state index is 0.108. The number of hydrogen-bond donors (Lipinski definition) is 4. The Morgan fingerprint density at radius 1 is 1.15 bits per heavy atom. The third-order valence-electron chi connectivity index (χ3n) is 3.97. The van der Waals surface area contributed by atoms with Crippen LogP contribution < -0.4 is 11.1 Å². The fourth-order valence-electron chi connectivity index (χ4n) is 2.71. The van der Waals surface area contributed by atoms with Crippen molar-refractivity contribution in [2.45, 2.75) is 4.90 Å². The van der Waals surface area contributed by atoms with Crippen molar-refractivity contribution in [3.63, 3.8) is 0 Å². The molecule has 0 aliphatic heterocycles. The van der Waals surface area contributed by atoms with E-state index in [9.17, 15) is 4.79 Å². The average molecular weight is 363 g/mol. The number of benzene rings is 2. The molecule has 0 unspecified atom stereocenters. The Morgan fingerprint density at radius 3 is 2.81 bits per heavy atom. The maximum absolute atomic E-state index is 12.1. The average Bonchev–Trinajstić information content (AvgIpc) is 3.28. The first-order valence-corrected chi connectivity index (χ1v) is 9.08. The van der Waals surface area contributed by atoms with E-state index in [-0.39, 0.29) is 5.91 Å². The topological polar surface area (TPSA) is 99.6 Å². The molecule has 26 heavy (non-hydrogen) atoms. The molecule has 0 aliphatic carbocycles. The summed E-state index contributed by atoms with van der Waals surface area (Å²) in [7, 11) is 0. The van der Waals surface area contributed by atoms with Gasteiger partial charge in [0.25, 0.3) is 0 Å². The number of nitrogens with two attached hydrogens (primary N) is 1. The van der Waals surface area contributed by atoms with Crippen LogP contribution >= 0.6 is 11.8 Å². The number of aromatic nitrogens is 3. The van der Waals surface area contributed by atoms with Crippen molar-refractivity contribution in [3.05, 3.63) is 60.8 Å². The third-order valence-corrected chi connectivity index (χ3v) is 4.99. The SMILES string of the molecule is Nc1ccc(SCC(=O)Nc2cc(-c3c[nH]c4ccccc34)[nH]n2)cc1. The van der Waals surface area contributed by atoms with Gasteiger partial charge < -0.3 is 16.0 Å². The summed E-state index contributed by atoms with van der Waals surface area (Å²) in [6.07, 6.45) is 1.93. The number of fused-ring (bicyclic) bond motifs is 1. The van der Waals surface area contributed by atoms with Gasteiger partial charge in [-0.25, -0.2) is 0 Å². The molecule has 4 rings (SSSR count). The van der Waals surface area contributed by atoms with Gasteiger partial charge in [0.05, 0.1) is 11.4 Å². The van der Waals surface area contributed by atoms with Crippen molar-refractivity contribution in [3.8, 4) is 11.3 Å². The summed E-state index contributed by atoms with van der Waals surface area (Å²) < 4.78 is 0. The van der Waals surface area contributed by atoms with Crippen molar-refractivity contribution < 1.29 is 4.79 Å². The summed E-state index contributed by atoms with van der Waals surface area (Å²) in [6.45, 7) is 0. The molecular formula is C19H17N5OS. The van der Waals surface area contributed by atoms with E-state index in [0.717, 1.165) is 27.1 Å². The highest BCUT2D eigenvalue weighted by molar-refractivity contribution is 8.00. The van der Waals surface area contributed by atoms with Crippen molar-refractivity contribution >= 4 is 40.1 Å². The van der Waals surface area contributed by atoms with E-state index in [0.29, 0.717) is 17.3 Å². The predicted molar refractivity (Wildman–Crippen MR) is 106 cm³/mol. The van der Waals surface area contributed by atoms with Gasteiger partial charge in [0, 0.05) is 39.3 Å². The molecule has 2 aromatic carbocycles. The molecule has 130 valence electrons. The fourth-order valence-corrected chi connectivity index (χ4v) is 3.41. The second-order valence-electron chi connectivity index (χ2n) is 5.82. The molecule has 6 nitrogen and oxygen atoms in total. The van der Waals surface area contributed by atoms with Crippen molar-refractivity contribution in [1.29, 1.82) is 0 Å². The lowest BCUT2D eigenvalue weighted by molar-refractivity contribution is -0.113. The number of carbonyl (C=O) groups is 1. The van der Waals surface area contributed by atoms with Crippen LogP contribution in [0.3, 0.4) is 0 Å². The minimum atomic E-state index is -0.108. The Bertz CT molecular complexity index is 1050. The van der Waals surface area contributed by atoms with E-state index < -0.39 is 0 Å². The zero-order valence-electron chi connectivity index (χ0n) is 13.8. The van der Waals surface area contributed by atoms with E-state index in [1.54, 1.807) is 0 Å². The predicted octanol–water partition coefficient (Wildman–Crippen LogP) is 3.87. The fraction of sp³-hybridized carbons (Fsp3) is 0.0526. The molecule has 4 aromatic rings. The number of amides is 1.